The topological polar surface area (TPSA) is 29.9 Å². The van der Waals surface area contributed by atoms with Gasteiger partial charge in [-0.2, -0.15) is 5.10 Å². The van der Waals surface area contributed by atoms with Crippen molar-refractivity contribution in [1.82, 2.24) is 9.78 Å². The van der Waals surface area contributed by atoms with Gasteiger partial charge in [-0.15, -0.1) is 0 Å². The zero-order valence-corrected chi connectivity index (χ0v) is 12.9. The molecule has 0 bridgehead atoms. The van der Waals surface area contributed by atoms with Gasteiger partial charge < -0.3 is 5.32 Å². The van der Waals surface area contributed by atoms with Gasteiger partial charge in [0.25, 0.3) is 0 Å². The number of benzene rings is 1. The van der Waals surface area contributed by atoms with Crippen molar-refractivity contribution in [2.24, 2.45) is 0 Å². The van der Waals surface area contributed by atoms with E-state index in [1.165, 1.54) is 59.6 Å². The average molecular weight is 281 g/mol. The largest absolute Gasteiger partial charge is 0.369 e. The Balaban J connectivity index is 1.84. The molecule has 1 saturated carbocycles. The molecule has 1 N–H and O–H groups in total. The third kappa shape index (κ3) is 2.06. The normalized spacial score (nSPS) is 18.0. The molecule has 1 aromatic carbocycles. The summed E-state index contributed by atoms with van der Waals surface area (Å²) in [5.74, 6) is 1.93. The highest BCUT2D eigenvalue weighted by molar-refractivity contribution is 5.59. The first-order chi connectivity index (χ1) is 10.2. The summed E-state index contributed by atoms with van der Waals surface area (Å²) in [6.07, 6.45) is 6.49. The van der Waals surface area contributed by atoms with Crippen molar-refractivity contribution < 1.29 is 0 Å². The van der Waals surface area contributed by atoms with E-state index in [1.807, 2.05) is 0 Å². The number of nitrogens with one attached hydrogen (secondary N) is 1. The quantitative estimate of drug-likeness (QED) is 0.897. The van der Waals surface area contributed by atoms with Crippen LogP contribution >= 0.6 is 0 Å². The van der Waals surface area contributed by atoms with Gasteiger partial charge in [0.1, 0.15) is 5.82 Å². The predicted molar refractivity (Wildman–Crippen MR) is 86.4 cm³/mol. The van der Waals surface area contributed by atoms with Crippen LogP contribution in [0.15, 0.2) is 18.2 Å². The summed E-state index contributed by atoms with van der Waals surface area (Å²) in [7, 11) is 0. The van der Waals surface area contributed by atoms with Crippen LogP contribution in [0.2, 0.25) is 0 Å². The molecular weight excluding hydrogens is 258 g/mol. The summed E-state index contributed by atoms with van der Waals surface area (Å²) < 4.78 is 2.16. The van der Waals surface area contributed by atoms with Gasteiger partial charge in [0, 0.05) is 18.0 Å². The van der Waals surface area contributed by atoms with Crippen molar-refractivity contribution in [2.45, 2.75) is 51.9 Å². The van der Waals surface area contributed by atoms with Crippen molar-refractivity contribution in [3.8, 4) is 5.69 Å². The van der Waals surface area contributed by atoms with Crippen LogP contribution in [0.4, 0.5) is 5.82 Å². The van der Waals surface area contributed by atoms with Crippen molar-refractivity contribution in [3.63, 3.8) is 0 Å². The molecular formula is C18H23N3. The molecule has 1 aromatic heterocycles. The summed E-state index contributed by atoms with van der Waals surface area (Å²) >= 11 is 0. The van der Waals surface area contributed by atoms with E-state index < -0.39 is 0 Å². The standard InChI is InChI=1S/C18H23N3/c1-12-7-8-16(13(2)11-12)21-18-15(9-10-19-18)17(20-21)14-5-3-4-6-14/h7-8,11,14,19H,3-6,9-10H2,1-2H3. The van der Waals surface area contributed by atoms with E-state index in [2.05, 4.69) is 42.0 Å². The summed E-state index contributed by atoms with van der Waals surface area (Å²) in [4.78, 5) is 0. The fourth-order valence-electron chi connectivity index (χ4n) is 3.95. The summed E-state index contributed by atoms with van der Waals surface area (Å²) in [6.45, 7) is 5.38. The molecule has 4 rings (SSSR count). The van der Waals surface area contributed by atoms with Crippen LogP contribution in [0.5, 0.6) is 0 Å². The average Bonchev–Trinajstić information content (AvgIpc) is 3.15. The maximum Gasteiger partial charge on any atom is 0.133 e. The lowest BCUT2D eigenvalue weighted by Crippen LogP contribution is -2.07. The number of aromatic nitrogens is 2. The van der Waals surface area contributed by atoms with Crippen molar-refractivity contribution in [1.29, 1.82) is 0 Å². The number of hydrogen-bond acceptors (Lipinski definition) is 2. The summed E-state index contributed by atoms with van der Waals surface area (Å²) in [5.41, 5.74) is 6.67. The Labute approximate surface area is 126 Å². The lowest BCUT2D eigenvalue weighted by atomic mass is 9.99. The van der Waals surface area contributed by atoms with Gasteiger partial charge >= 0.3 is 0 Å². The van der Waals surface area contributed by atoms with Crippen LogP contribution in [-0.4, -0.2) is 16.3 Å². The smallest absolute Gasteiger partial charge is 0.133 e. The van der Waals surface area contributed by atoms with Crippen LogP contribution in [0, 0.1) is 13.8 Å². The minimum Gasteiger partial charge on any atom is -0.369 e. The maximum atomic E-state index is 5.03. The molecule has 110 valence electrons. The lowest BCUT2D eigenvalue weighted by Gasteiger charge is -2.11. The molecule has 2 aliphatic rings. The van der Waals surface area contributed by atoms with Gasteiger partial charge in [-0.3, -0.25) is 0 Å². The van der Waals surface area contributed by atoms with Crippen LogP contribution in [-0.2, 0) is 6.42 Å². The molecule has 1 fully saturated rings. The fourth-order valence-corrected chi connectivity index (χ4v) is 3.95. The molecule has 3 heteroatoms. The molecule has 1 aliphatic carbocycles. The first-order valence-electron chi connectivity index (χ1n) is 8.17. The van der Waals surface area contributed by atoms with Crippen molar-refractivity contribution >= 4 is 5.82 Å². The second-order valence-corrected chi connectivity index (χ2v) is 6.57. The maximum absolute atomic E-state index is 5.03. The van der Waals surface area contributed by atoms with Crippen LogP contribution in [0.25, 0.3) is 5.69 Å². The SMILES string of the molecule is Cc1ccc(-n2nc(C3CCCC3)c3c2NCC3)c(C)c1. The van der Waals surface area contributed by atoms with E-state index in [-0.39, 0.29) is 0 Å². The predicted octanol–water partition coefficient (Wildman–Crippen LogP) is 4.11. The van der Waals surface area contributed by atoms with E-state index >= 15 is 0 Å². The van der Waals surface area contributed by atoms with Crippen molar-refractivity contribution in [3.05, 3.63) is 40.6 Å². The third-order valence-electron chi connectivity index (χ3n) is 5.00. The number of rotatable bonds is 2. The minimum absolute atomic E-state index is 0.686. The Morgan fingerprint density at radius 3 is 2.76 bits per heavy atom. The van der Waals surface area contributed by atoms with Gasteiger partial charge in [0.05, 0.1) is 11.4 Å². The molecule has 0 radical (unpaired) electrons. The van der Waals surface area contributed by atoms with Gasteiger partial charge in [0.15, 0.2) is 0 Å². The third-order valence-corrected chi connectivity index (χ3v) is 5.00. The zero-order chi connectivity index (χ0) is 14.4. The Hall–Kier alpha value is -1.77. The molecule has 2 heterocycles. The second kappa shape index (κ2) is 4.90. The Morgan fingerprint density at radius 2 is 2.00 bits per heavy atom. The summed E-state index contributed by atoms with van der Waals surface area (Å²) in [6, 6.07) is 6.63. The molecule has 0 amide bonds. The van der Waals surface area contributed by atoms with E-state index in [0.29, 0.717) is 5.92 Å². The fraction of sp³-hybridized carbons (Fsp3) is 0.500. The number of hydrogen-bond donors (Lipinski definition) is 1. The highest BCUT2D eigenvalue weighted by atomic mass is 15.3. The van der Waals surface area contributed by atoms with E-state index in [4.69, 9.17) is 5.10 Å². The highest BCUT2D eigenvalue weighted by Crippen LogP contribution is 2.40. The van der Waals surface area contributed by atoms with Crippen molar-refractivity contribution in [2.75, 3.05) is 11.9 Å². The Kier molecular flexibility index (Phi) is 3.02. The molecule has 0 saturated heterocycles. The van der Waals surface area contributed by atoms with E-state index in [0.717, 1.165) is 13.0 Å². The number of aryl methyl sites for hydroxylation is 2. The van der Waals surface area contributed by atoms with E-state index in [9.17, 15) is 0 Å². The molecule has 3 nitrogen and oxygen atoms in total. The highest BCUT2D eigenvalue weighted by Gasteiger charge is 2.29. The molecule has 0 unspecified atom stereocenters. The number of fused-ring (bicyclic) bond motifs is 1. The van der Waals surface area contributed by atoms with Gasteiger partial charge in [-0.1, -0.05) is 30.5 Å². The molecule has 2 aromatic rings. The lowest BCUT2D eigenvalue weighted by molar-refractivity contribution is 0.670. The minimum atomic E-state index is 0.686. The van der Waals surface area contributed by atoms with Crippen LogP contribution in [0.1, 0.15) is 54.0 Å². The zero-order valence-electron chi connectivity index (χ0n) is 12.9. The van der Waals surface area contributed by atoms with Gasteiger partial charge in [-0.25, -0.2) is 4.68 Å². The van der Waals surface area contributed by atoms with Crippen LogP contribution in [0.3, 0.4) is 0 Å². The first kappa shape index (κ1) is 12.9. The molecule has 0 atom stereocenters. The van der Waals surface area contributed by atoms with Gasteiger partial charge in [0.2, 0.25) is 0 Å². The molecule has 0 spiro atoms. The molecule has 21 heavy (non-hydrogen) atoms. The first-order valence-corrected chi connectivity index (χ1v) is 8.17. The number of anilines is 1. The van der Waals surface area contributed by atoms with Crippen LogP contribution < -0.4 is 5.32 Å². The van der Waals surface area contributed by atoms with Gasteiger partial charge in [-0.05, 0) is 44.7 Å². The monoisotopic (exact) mass is 281 g/mol. The van der Waals surface area contributed by atoms with E-state index in [1.54, 1.807) is 0 Å². The molecule has 1 aliphatic heterocycles. The summed E-state index contributed by atoms with van der Waals surface area (Å²) in [5, 5.41) is 8.58. The number of nitrogens with zero attached hydrogens (tertiary/aromatic N) is 2. The Morgan fingerprint density at radius 1 is 1.19 bits per heavy atom. The second-order valence-electron chi connectivity index (χ2n) is 6.57. The Bertz CT molecular complexity index is 678.